The Bertz CT molecular complexity index is 1990. The van der Waals surface area contributed by atoms with Gasteiger partial charge in [-0.2, -0.15) is 0 Å². The average molecular weight is 1510 g/mol. The molecule has 19 heteroatoms. The average Bonchev–Trinajstić information content (AvgIpc) is 0.929. The summed E-state index contributed by atoms with van der Waals surface area (Å²) < 4.78 is 68.8. The van der Waals surface area contributed by atoms with Crippen LogP contribution < -0.4 is 0 Å². The van der Waals surface area contributed by atoms with Gasteiger partial charge in [-0.05, 0) is 43.4 Å². The molecule has 0 rings (SSSR count). The molecule has 0 aliphatic rings. The number of carbonyl (C=O) groups excluding carboxylic acids is 4. The molecule has 0 heterocycles. The molecule has 17 nitrogen and oxygen atoms in total. The molecule has 0 aliphatic carbocycles. The van der Waals surface area contributed by atoms with E-state index in [-0.39, 0.29) is 25.7 Å². The van der Waals surface area contributed by atoms with Gasteiger partial charge in [0, 0.05) is 25.7 Å². The van der Waals surface area contributed by atoms with Crippen LogP contribution in [0.5, 0.6) is 0 Å². The molecule has 0 amide bonds. The van der Waals surface area contributed by atoms with Crippen LogP contribution in [0, 0.1) is 17.8 Å². The summed E-state index contributed by atoms with van der Waals surface area (Å²) in [5, 5.41) is 10.7. The molecule has 0 fully saturated rings. The number of phosphoric ester groups is 2. The Morgan fingerprint density at radius 3 is 0.660 bits per heavy atom. The SMILES string of the molecule is CCCCCCCCCCCCCCCCCCCCC(=O)OC[C@H](COP(=O)(O)OC[C@@H](O)COP(=O)(O)OC[C@@H](COC(=O)CCCCCCCCCC(C)C)OC(=O)CCCCCCCCCCCCCC(C)C)OC(=O)CCCCCCCCCCCCCCCCCCCCC(C)C. The van der Waals surface area contributed by atoms with Crippen molar-refractivity contribution < 1.29 is 80.2 Å². The molecule has 5 atom stereocenters. The van der Waals surface area contributed by atoms with Gasteiger partial charge >= 0.3 is 39.5 Å². The molecule has 612 valence electrons. The molecular weight excluding hydrogens is 1340 g/mol. The Balaban J connectivity index is 5.22. The third-order valence-corrected chi connectivity index (χ3v) is 21.5. The lowest BCUT2D eigenvalue weighted by Gasteiger charge is -2.21. The first-order valence-corrected chi connectivity index (χ1v) is 46.3. The molecule has 0 radical (unpaired) electrons. The minimum atomic E-state index is -4.96. The highest BCUT2D eigenvalue weighted by atomic mass is 31.2. The molecule has 0 spiro atoms. The van der Waals surface area contributed by atoms with Crippen LogP contribution in [0.4, 0.5) is 0 Å². The number of unbranched alkanes of at least 4 members (excludes halogenated alkanes) is 50. The van der Waals surface area contributed by atoms with Crippen molar-refractivity contribution in [3.05, 3.63) is 0 Å². The number of phosphoric acid groups is 2. The van der Waals surface area contributed by atoms with E-state index in [0.29, 0.717) is 31.6 Å². The first-order chi connectivity index (χ1) is 49.7. The lowest BCUT2D eigenvalue weighted by molar-refractivity contribution is -0.161. The zero-order chi connectivity index (χ0) is 75.8. The summed E-state index contributed by atoms with van der Waals surface area (Å²) in [6, 6.07) is 0. The number of carbonyl (C=O) groups is 4. The molecule has 0 aliphatic heterocycles. The van der Waals surface area contributed by atoms with Crippen LogP contribution in [0.15, 0.2) is 0 Å². The van der Waals surface area contributed by atoms with Crippen molar-refractivity contribution in [1.82, 2.24) is 0 Å². The van der Waals surface area contributed by atoms with Gasteiger partial charge in [0.1, 0.15) is 19.3 Å². The summed E-state index contributed by atoms with van der Waals surface area (Å²) in [7, 11) is -9.92. The first kappa shape index (κ1) is 101. The topological polar surface area (TPSA) is 237 Å². The zero-order valence-electron chi connectivity index (χ0n) is 67.8. The monoisotopic (exact) mass is 1510 g/mol. The van der Waals surface area contributed by atoms with Crippen LogP contribution >= 0.6 is 15.6 Å². The van der Waals surface area contributed by atoms with Gasteiger partial charge in [-0.1, -0.05) is 389 Å². The minimum absolute atomic E-state index is 0.106. The minimum Gasteiger partial charge on any atom is -0.462 e. The summed E-state index contributed by atoms with van der Waals surface area (Å²) in [5.74, 6) is 0.182. The molecule has 103 heavy (non-hydrogen) atoms. The molecule has 0 aromatic rings. The highest BCUT2D eigenvalue weighted by Gasteiger charge is 2.30. The molecule has 0 aromatic carbocycles. The van der Waals surface area contributed by atoms with Gasteiger partial charge in [-0.25, -0.2) is 9.13 Å². The predicted molar refractivity (Wildman–Crippen MR) is 423 cm³/mol. The second-order valence-corrected chi connectivity index (χ2v) is 34.6. The van der Waals surface area contributed by atoms with E-state index in [0.717, 1.165) is 108 Å². The molecular formula is C84H164O17P2. The highest BCUT2D eigenvalue weighted by molar-refractivity contribution is 7.47. The predicted octanol–water partition coefficient (Wildman–Crippen LogP) is 25.3. The number of ether oxygens (including phenoxy) is 4. The number of esters is 4. The van der Waals surface area contributed by atoms with Crippen molar-refractivity contribution in [3.63, 3.8) is 0 Å². The first-order valence-electron chi connectivity index (χ1n) is 43.3. The largest absolute Gasteiger partial charge is 0.472 e. The molecule has 0 bridgehead atoms. The van der Waals surface area contributed by atoms with E-state index in [1.54, 1.807) is 0 Å². The fourth-order valence-corrected chi connectivity index (χ4v) is 14.6. The van der Waals surface area contributed by atoms with Crippen molar-refractivity contribution in [1.29, 1.82) is 0 Å². The lowest BCUT2D eigenvalue weighted by Crippen LogP contribution is -2.30. The van der Waals surface area contributed by atoms with Crippen LogP contribution in [-0.2, 0) is 65.4 Å². The van der Waals surface area contributed by atoms with E-state index in [9.17, 15) is 43.2 Å². The van der Waals surface area contributed by atoms with Gasteiger partial charge in [-0.3, -0.25) is 37.3 Å². The molecule has 3 N–H and O–H groups in total. The van der Waals surface area contributed by atoms with E-state index in [2.05, 4.69) is 48.5 Å². The van der Waals surface area contributed by atoms with E-state index in [4.69, 9.17) is 37.0 Å². The Kier molecular flexibility index (Phi) is 72.8. The maximum Gasteiger partial charge on any atom is 0.472 e. The molecule has 0 saturated carbocycles. The van der Waals surface area contributed by atoms with Crippen LogP contribution in [0.1, 0.15) is 440 Å². The van der Waals surface area contributed by atoms with E-state index in [1.807, 2.05) is 0 Å². The van der Waals surface area contributed by atoms with Crippen molar-refractivity contribution in [2.24, 2.45) is 17.8 Å². The third-order valence-electron chi connectivity index (χ3n) is 19.6. The lowest BCUT2D eigenvalue weighted by atomic mass is 10.0. The summed E-state index contributed by atoms with van der Waals surface area (Å²) >= 11 is 0. The Morgan fingerprint density at radius 2 is 0.447 bits per heavy atom. The summed E-state index contributed by atoms with van der Waals surface area (Å²) in [6.07, 6.45) is 64.0. The summed E-state index contributed by atoms with van der Waals surface area (Å²) in [4.78, 5) is 73.1. The molecule has 2 unspecified atom stereocenters. The van der Waals surface area contributed by atoms with Gasteiger partial charge in [0.25, 0.3) is 0 Å². The van der Waals surface area contributed by atoms with Crippen LogP contribution in [0.25, 0.3) is 0 Å². The van der Waals surface area contributed by atoms with Gasteiger partial charge < -0.3 is 33.8 Å². The summed E-state index contributed by atoms with van der Waals surface area (Å²) in [6.45, 7) is 11.9. The van der Waals surface area contributed by atoms with Crippen LogP contribution in [0.2, 0.25) is 0 Å². The smallest absolute Gasteiger partial charge is 0.462 e. The second-order valence-electron chi connectivity index (χ2n) is 31.6. The quantitative estimate of drug-likeness (QED) is 0.0222. The van der Waals surface area contributed by atoms with Gasteiger partial charge in [0.15, 0.2) is 12.2 Å². The number of aliphatic hydroxyl groups excluding tert-OH is 1. The van der Waals surface area contributed by atoms with Gasteiger partial charge in [-0.15, -0.1) is 0 Å². The van der Waals surface area contributed by atoms with E-state index >= 15 is 0 Å². The Labute approximate surface area is 632 Å². The zero-order valence-corrected chi connectivity index (χ0v) is 69.6. The van der Waals surface area contributed by atoms with E-state index < -0.39 is 97.5 Å². The van der Waals surface area contributed by atoms with Gasteiger partial charge in [0.2, 0.25) is 0 Å². The Morgan fingerprint density at radius 1 is 0.262 bits per heavy atom. The number of rotatable bonds is 82. The summed E-state index contributed by atoms with van der Waals surface area (Å²) in [5.41, 5.74) is 0. The van der Waals surface area contributed by atoms with Crippen LogP contribution in [-0.4, -0.2) is 96.7 Å². The highest BCUT2D eigenvalue weighted by Crippen LogP contribution is 2.45. The normalized spacial score (nSPS) is 13.9. The van der Waals surface area contributed by atoms with Crippen molar-refractivity contribution in [3.8, 4) is 0 Å². The standard InChI is InChI=1S/C84H164O17P2/c1-8-9-10-11-12-13-14-15-16-17-21-24-27-32-37-44-51-58-65-81(86)94-71-79(100-83(88)67-60-53-45-38-33-28-25-22-19-18-20-23-26-30-35-41-48-55-62-75(2)3)73-98-102(90,91)96-69-78(85)70-97-103(92,93)99-74-80(72-95-82(87)66-59-52-47-40-43-50-57-64-77(6)7)101-84(89)68-61-54-46-39-34-29-31-36-42-49-56-63-76(4)5/h75-80,85H,8-74H2,1-7H3,(H,90,91)(H,92,93)/t78-,79-,80-/m1/s1. The number of aliphatic hydroxyl groups is 1. The van der Waals surface area contributed by atoms with Crippen molar-refractivity contribution >= 4 is 39.5 Å². The fraction of sp³-hybridized carbons (Fsp3) is 0.952. The molecule has 0 saturated heterocycles. The maximum absolute atomic E-state index is 13.1. The number of hydrogen-bond donors (Lipinski definition) is 3. The molecule has 0 aromatic heterocycles. The van der Waals surface area contributed by atoms with E-state index in [1.165, 1.54) is 244 Å². The number of hydrogen-bond acceptors (Lipinski definition) is 15. The van der Waals surface area contributed by atoms with Crippen LogP contribution in [0.3, 0.4) is 0 Å². The van der Waals surface area contributed by atoms with Gasteiger partial charge in [0.05, 0.1) is 26.4 Å². The third kappa shape index (κ3) is 78.0. The fourth-order valence-electron chi connectivity index (χ4n) is 13.0. The van der Waals surface area contributed by atoms with Crippen molar-refractivity contribution in [2.45, 2.75) is 458 Å². The van der Waals surface area contributed by atoms with Crippen molar-refractivity contribution in [2.75, 3.05) is 39.6 Å². The Hall–Kier alpha value is -1.94. The maximum atomic E-state index is 13.1. The second kappa shape index (κ2) is 74.2.